The zero-order valence-corrected chi connectivity index (χ0v) is 9.75. The molecule has 1 aromatic carbocycles. The summed E-state index contributed by atoms with van der Waals surface area (Å²) < 4.78 is 0. The van der Waals surface area contributed by atoms with Crippen LogP contribution in [-0.4, -0.2) is 0 Å². The van der Waals surface area contributed by atoms with E-state index in [0.29, 0.717) is 18.0 Å². The third kappa shape index (κ3) is 2.26. The van der Waals surface area contributed by atoms with Crippen LogP contribution < -0.4 is 5.73 Å². The minimum Gasteiger partial charge on any atom is -0.326 e. The minimum absolute atomic E-state index is 0.445. The maximum absolute atomic E-state index is 8.50. The molecular weight excluding hydrogens is 208 g/mol. The van der Waals surface area contributed by atoms with Crippen molar-refractivity contribution in [2.45, 2.75) is 26.1 Å². The third-order valence-corrected chi connectivity index (χ3v) is 2.90. The molecule has 0 heterocycles. The van der Waals surface area contributed by atoms with Gasteiger partial charge in [0.2, 0.25) is 0 Å². The molecule has 80 valence electrons. The molecule has 0 amide bonds. The Balaban J connectivity index is 3.52. The van der Waals surface area contributed by atoms with Crippen LogP contribution in [0, 0.1) is 13.8 Å². The molecule has 0 atom stereocenters. The first-order valence-corrected chi connectivity index (χ1v) is 5.26. The monoisotopic (exact) mass is 222 g/mol. The third-order valence-electron chi connectivity index (χ3n) is 2.56. The Hall–Kier alpha value is -1.16. The fourth-order valence-corrected chi connectivity index (χ4v) is 1.91. The molecule has 0 unspecified atom stereocenters. The molecule has 0 aliphatic rings. The van der Waals surface area contributed by atoms with Crippen molar-refractivity contribution >= 4 is 18.3 Å². The second-order valence-corrected chi connectivity index (χ2v) is 3.66. The van der Waals surface area contributed by atoms with Gasteiger partial charge >= 0.3 is 0 Å². The Morgan fingerprint density at radius 1 is 1.40 bits per heavy atom. The first-order chi connectivity index (χ1) is 7.15. The second-order valence-electron chi connectivity index (χ2n) is 3.35. The molecule has 0 fully saturated rings. The van der Waals surface area contributed by atoms with Gasteiger partial charge in [-0.15, -0.1) is 0 Å². The van der Waals surface area contributed by atoms with E-state index in [2.05, 4.69) is 22.7 Å². The molecule has 0 saturated heterocycles. The second kappa shape index (κ2) is 5.07. The van der Waals surface area contributed by atoms with Crippen molar-refractivity contribution in [1.82, 2.24) is 0 Å². The van der Waals surface area contributed by atoms with Crippen molar-refractivity contribution in [3.05, 3.63) is 38.8 Å². The smallest absolute Gasteiger partial charge is 0.0440 e. The topological polar surface area (TPSA) is 74.8 Å². The molecule has 4 nitrogen and oxygen atoms in total. The summed E-state index contributed by atoms with van der Waals surface area (Å²) in [5.41, 5.74) is 18.8. The Bertz CT molecular complexity index is 394. The number of nitrogens with two attached hydrogens (primary N) is 1. The molecule has 5 heteroatoms. The summed E-state index contributed by atoms with van der Waals surface area (Å²) in [7, 11) is 0. The van der Waals surface area contributed by atoms with E-state index in [1.807, 2.05) is 19.9 Å². The normalized spacial score (nSPS) is 9.87. The number of nitrogens with zero attached hydrogens (tertiary/aromatic N) is 3. The zero-order valence-electron chi connectivity index (χ0n) is 8.86. The average Bonchev–Trinajstić information content (AvgIpc) is 2.25. The highest BCUT2D eigenvalue weighted by Crippen LogP contribution is 2.30. The van der Waals surface area contributed by atoms with Gasteiger partial charge in [0.15, 0.2) is 0 Å². The summed E-state index contributed by atoms with van der Waals surface area (Å²) in [5.74, 6) is 0.618. The molecule has 0 saturated carbocycles. The molecular formula is C10H14N4S. The molecule has 1 aromatic rings. The fraction of sp³-hybridized carbons (Fsp3) is 0.400. The number of rotatable bonds is 3. The van der Waals surface area contributed by atoms with Gasteiger partial charge in [-0.05, 0) is 41.6 Å². The van der Waals surface area contributed by atoms with E-state index in [1.54, 1.807) is 0 Å². The van der Waals surface area contributed by atoms with Crippen molar-refractivity contribution in [3.8, 4) is 0 Å². The van der Waals surface area contributed by atoms with Crippen LogP contribution in [0.2, 0.25) is 0 Å². The van der Waals surface area contributed by atoms with E-state index < -0.39 is 0 Å². The molecule has 0 aliphatic heterocycles. The number of hydrogen-bond acceptors (Lipinski definition) is 3. The van der Waals surface area contributed by atoms with Crippen molar-refractivity contribution < 1.29 is 0 Å². The van der Waals surface area contributed by atoms with Gasteiger partial charge in [0, 0.05) is 22.9 Å². The molecule has 2 N–H and O–H groups in total. The Morgan fingerprint density at radius 3 is 2.47 bits per heavy atom. The highest BCUT2D eigenvalue weighted by molar-refractivity contribution is 7.79. The maximum atomic E-state index is 8.50. The van der Waals surface area contributed by atoms with Gasteiger partial charge in [0.25, 0.3) is 0 Å². The lowest BCUT2D eigenvalue weighted by molar-refractivity contribution is 1.03. The standard InChI is InChI=1S/C10H14N4S/c1-6-8(4-11)3-9(5-15)7(2)10(6)13-14-12/h3,15H,4-5,11H2,1-2H3. The van der Waals surface area contributed by atoms with E-state index in [4.69, 9.17) is 11.3 Å². The molecule has 15 heavy (non-hydrogen) atoms. The molecule has 0 radical (unpaired) electrons. The van der Waals surface area contributed by atoms with E-state index in [0.717, 1.165) is 22.3 Å². The predicted octanol–water partition coefficient (Wildman–Crippen LogP) is 3.13. The lowest BCUT2D eigenvalue weighted by Gasteiger charge is -2.13. The van der Waals surface area contributed by atoms with Gasteiger partial charge in [-0.25, -0.2) is 0 Å². The quantitative estimate of drug-likeness (QED) is 0.350. The van der Waals surface area contributed by atoms with E-state index in [-0.39, 0.29) is 0 Å². The van der Waals surface area contributed by atoms with Gasteiger partial charge in [-0.2, -0.15) is 12.6 Å². The van der Waals surface area contributed by atoms with Crippen LogP contribution >= 0.6 is 12.6 Å². The van der Waals surface area contributed by atoms with Crippen molar-refractivity contribution in [1.29, 1.82) is 0 Å². The van der Waals surface area contributed by atoms with Gasteiger partial charge in [0.1, 0.15) is 0 Å². The molecule has 0 aliphatic carbocycles. The zero-order chi connectivity index (χ0) is 11.4. The van der Waals surface area contributed by atoms with Crippen LogP contribution in [0.3, 0.4) is 0 Å². The predicted molar refractivity (Wildman–Crippen MR) is 65.3 cm³/mol. The van der Waals surface area contributed by atoms with Crippen LogP contribution in [0.15, 0.2) is 11.2 Å². The molecule has 1 rings (SSSR count). The number of thiol groups is 1. The van der Waals surface area contributed by atoms with Crippen LogP contribution in [0.25, 0.3) is 10.4 Å². The van der Waals surface area contributed by atoms with Crippen LogP contribution in [-0.2, 0) is 12.3 Å². The number of benzene rings is 1. The van der Waals surface area contributed by atoms with E-state index in [1.165, 1.54) is 0 Å². The van der Waals surface area contributed by atoms with Gasteiger partial charge in [0.05, 0.1) is 0 Å². The maximum Gasteiger partial charge on any atom is 0.0440 e. The fourth-order valence-electron chi connectivity index (χ4n) is 1.58. The number of azide groups is 1. The minimum atomic E-state index is 0.445. The summed E-state index contributed by atoms with van der Waals surface area (Å²) in [6.07, 6.45) is 0. The summed E-state index contributed by atoms with van der Waals surface area (Å²) in [5, 5.41) is 3.71. The largest absolute Gasteiger partial charge is 0.326 e. The first kappa shape index (κ1) is 11.9. The Kier molecular flexibility index (Phi) is 4.03. The number of hydrogen-bond donors (Lipinski definition) is 2. The van der Waals surface area contributed by atoms with E-state index >= 15 is 0 Å². The van der Waals surface area contributed by atoms with Crippen molar-refractivity contribution in [2.24, 2.45) is 10.8 Å². The van der Waals surface area contributed by atoms with Gasteiger partial charge in [-0.3, -0.25) is 0 Å². The van der Waals surface area contributed by atoms with Crippen LogP contribution in [0.1, 0.15) is 22.3 Å². The van der Waals surface area contributed by atoms with Crippen LogP contribution in [0.4, 0.5) is 5.69 Å². The van der Waals surface area contributed by atoms with Crippen molar-refractivity contribution in [3.63, 3.8) is 0 Å². The lowest BCUT2D eigenvalue weighted by Crippen LogP contribution is -2.02. The highest BCUT2D eigenvalue weighted by atomic mass is 32.1. The van der Waals surface area contributed by atoms with Crippen LogP contribution in [0.5, 0.6) is 0 Å². The van der Waals surface area contributed by atoms with Gasteiger partial charge in [-0.1, -0.05) is 11.2 Å². The SMILES string of the molecule is Cc1c(CN)cc(CS)c(C)c1N=[N+]=[N-]. The first-order valence-electron chi connectivity index (χ1n) is 4.63. The van der Waals surface area contributed by atoms with Crippen molar-refractivity contribution in [2.75, 3.05) is 0 Å². The molecule has 0 aromatic heterocycles. The molecule has 0 spiro atoms. The summed E-state index contributed by atoms with van der Waals surface area (Å²) in [6, 6.07) is 2.02. The summed E-state index contributed by atoms with van der Waals surface area (Å²) in [6.45, 7) is 4.30. The van der Waals surface area contributed by atoms with E-state index in [9.17, 15) is 0 Å². The average molecular weight is 222 g/mol. The van der Waals surface area contributed by atoms with Gasteiger partial charge < -0.3 is 5.73 Å². The Labute approximate surface area is 94.5 Å². The summed E-state index contributed by atoms with van der Waals surface area (Å²) in [4.78, 5) is 2.84. The lowest BCUT2D eigenvalue weighted by atomic mass is 9.98. The molecule has 0 bridgehead atoms. The summed E-state index contributed by atoms with van der Waals surface area (Å²) >= 11 is 4.24. The highest BCUT2D eigenvalue weighted by Gasteiger charge is 2.09. The Morgan fingerprint density at radius 2 is 2.00 bits per heavy atom.